The molecule has 4 nitrogen and oxygen atoms in total. The summed E-state index contributed by atoms with van der Waals surface area (Å²) in [6, 6.07) is 17.3. The van der Waals surface area contributed by atoms with Gasteiger partial charge in [0.2, 0.25) is 11.8 Å². The summed E-state index contributed by atoms with van der Waals surface area (Å²) in [6.45, 7) is 4.92. The van der Waals surface area contributed by atoms with Crippen LogP contribution >= 0.6 is 23.4 Å². The third-order valence-corrected chi connectivity index (χ3v) is 5.83. The monoisotopic (exact) mass is 432 g/mol. The summed E-state index contributed by atoms with van der Waals surface area (Å²) in [7, 11) is 0. The zero-order valence-electron chi connectivity index (χ0n) is 17.1. The van der Waals surface area contributed by atoms with E-state index in [1.54, 1.807) is 16.7 Å². The molecule has 2 rings (SSSR count). The molecule has 0 spiro atoms. The third kappa shape index (κ3) is 7.75. The van der Waals surface area contributed by atoms with Crippen LogP contribution in [-0.4, -0.2) is 41.6 Å². The van der Waals surface area contributed by atoms with Gasteiger partial charge in [-0.3, -0.25) is 9.59 Å². The van der Waals surface area contributed by atoms with Crippen LogP contribution < -0.4 is 5.32 Å². The number of carbonyl (C=O) groups excluding carboxylic acids is 2. The normalized spacial score (nSPS) is 11.7. The molecule has 1 N–H and O–H groups in total. The summed E-state index contributed by atoms with van der Waals surface area (Å²) < 4.78 is 0. The van der Waals surface area contributed by atoms with Crippen molar-refractivity contribution in [3.05, 3.63) is 70.7 Å². The molecule has 0 aliphatic rings. The molecule has 0 bridgehead atoms. The first-order valence-corrected chi connectivity index (χ1v) is 11.5. The van der Waals surface area contributed by atoms with Crippen LogP contribution in [0.3, 0.4) is 0 Å². The molecular weight excluding hydrogens is 404 g/mol. The van der Waals surface area contributed by atoms with Crippen LogP contribution in [-0.2, 0) is 21.8 Å². The van der Waals surface area contributed by atoms with E-state index >= 15 is 0 Å². The SMILES string of the molecule is CCNC(=O)[C@@H](CC)N(CCc1ccccc1)C(=O)CSCc1cccc(Cl)c1. The van der Waals surface area contributed by atoms with E-state index in [1.165, 1.54) is 0 Å². The van der Waals surface area contributed by atoms with E-state index in [0.29, 0.717) is 36.0 Å². The van der Waals surface area contributed by atoms with Crippen molar-refractivity contribution in [1.29, 1.82) is 0 Å². The quantitative estimate of drug-likeness (QED) is 0.566. The number of halogens is 1. The predicted molar refractivity (Wildman–Crippen MR) is 122 cm³/mol. The fourth-order valence-electron chi connectivity index (χ4n) is 3.15. The highest BCUT2D eigenvalue weighted by atomic mass is 35.5. The molecule has 0 saturated carbocycles. The Morgan fingerprint density at radius 1 is 1.07 bits per heavy atom. The topological polar surface area (TPSA) is 49.4 Å². The van der Waals surface area contributed by atoms with E-state index in [-0.39, 0.29) is 11.8 Å². The molecule has 0 unspecified atom stereocenters. The molecule has 0 aliphatic carbocycles. The highest BCUT2D eigenvalue weighted by molar-refractivity contribution is 7.99. The zero-order chi connectivity index (χ0) is 21.1. The summed E-state index contributed by atoms with van der Waals surface area (Å²) in [6.07, 6.45) is 1.31. The molecule has 0 saturated heterocycles. The van der Waals surface area contributed by atoms with Crippen LogP contribution in [0.5, 0.6) is 0 Å². The molecule has 0 aromatic heterocycles. The summed E-state index contributed by atoms with van der Waals surface area (Å²) in [4.78, 5) is 27.3. The fourth-order valence-corrected chi connectivity index (χ4v) is 4.22. The minimum Gasteiger partial charge on any atom is -0.355 e. The highest BCUT2D eigenvalue weighted by Gasteiger charge is 2.27. The van der Waals surface area contributed by atoms with Gasteiger partial charge in [0, 0.05) is 23.9 Å². The summed E-state index contributed by atoms with van der Waals surface area (Å²) >= 11 is 7.58. The lowest BCUT2D eigenvalue weighted by molar-refractivity contribution is -0.138. The van der Waals surface area contributed by atoms with Crippen molar-refractivity contribution in [2.45, 2.75) is 38.5 Å². The average Bonchev–Trinajstić information content (AvgIpc) is 2.72. The number of nitrogens with zero attached hydrogens (tertiary/aromatic N) is 1. The molecular formula is C23H29ClN2O2S. The van der Waals surface area contributed by atoms with Gasteiger partial charge < -0.3 is 10.2 Å². The van der Waals surface area contributed by atoms with Crippen molar-refractivity contribution >= 4 is 35.2 Å². The van der Waals surface area contributed by atoms with Crippen LogP contribution in [0.1, 0.15) is 31.4 Å². The van der Waals surface area contributed by atoms with Gasteiger partial charge >= 0.3 is 0 Å². The number of benzene rings is 2. The number of likely N-dealkylation sites (N-methyl/N-ethyl adjacent to an activating group) is 1. The Balaban J connectivity index is 2.03. The Morgan fingerprint density at radius 3 is 2.45 bits per heavy atom. The van der Waals surface area contributed by atoms with Gasteiger partial charge in [-0.05, 0) is 43.0 Å². The van der Waals surface area contributed by atoms with Crippen molar-refractivity contribution < 1.29 is 9.59 Å². The first-order valence-electron chi connectivity index (χ1n) is 9.98. The van der Waals surface area contributed by atoms with Gasteiger partial charge in [0.15, 0.2) is 0 Å². The number of amides is 2. The van der Waals surface area contributed by atoms with Gasteiger partial charge in [-0.2, -0.15) is 0 Å². The second-order valence-electron chi connectivity index (χ2n) is 6.76. The van der Waals surface area contributed by atoms with E-state index < -0.39 is 6.04 Å². The predicted octanol–water partition coefficient (Wildman–Crippen LogP) is 4.56. The van der Waals surface area contributed by atoms with E-state index in [4.69, 9.17) is 11.6 Å². The Bertz CT molecular complexity index is 785. The fraction of sp³-hybridized carbons (Fsp3) is 0.391. The molecule has 0 radical (unpaired) electrons. The van der Waals surface area contributed by atoms with Crippen LogP contribution in [0.4, 0.5) is 0 Å². The van der Waals surface area contributed by atoms with Crippen molar-refractivity contribution in [3.8, 4) is 0 Å². The molecule has 1 atom stereocenters. The first-order chi connectivity index (χ1) is 14.0. The lowest BCUT2D eigenvalue weighted by atomic mass is 10.1. The maximum Gasteiger partial charge on any atom is 0.242 e. The second kappa shape index (κ2) is 12.6. The second-order valence-corrected chi connectivity index (χ2v) is 8.19. The smallest absolute Gasteiger partial charge is 0.242 e. The summed E-state index contributed by atoms with van der Waals surface area (Å²) in [5.74, 6) is 0.941. The summed E-state index contributed by atoms with van der Waals surface area (Å²) in [5.41, 5.74) is 2.24. The Kier molecular flexibility index (Phi) is 10.1. The lowest BCUT2D eigenvalue weighted by Gasteiger charge is -2.30. The van der Waals surface area contributed by atoms with E-state index in [2.05, 4.69) is 5.32 Å². The number of carbonyl (C=O) groups is 2. The van der Waals surface area contributed by atoms with Crippen LogP contribution in [0.2, 0.25) is 5.02 Å². The van der Waals surface area contributed by atoms with Crippen molar-refractivity contribution in [1.82, 2.24) is 10.2 Å². The molecule has 0 heterocycles. The number of nitrogens with one attached hydrogen (secondary N) is 1. The first kappa shape index (κ1) is 23.3. The molecule has 156 valence electrons. The van der Waals surface area contributed by atoms with Crippen molar-refractivity contribution in [2.75, 3.05) is 18.8 Å². The number of hydrogen-bond donors (Lipinski definition) is 1. The molecule has 6 heteroatoms. The Hall–Kier alpha value is -1.98. The van der Waals surface area contributed by atoms with Gasteiger partial charge in [0.05, 0.1) is 5.75 Å². The Morgan fingerprint density at radius 2 is 1.79 bits per heavy atom. The van der Waals surface area contributed by atoms with E-state index in [9.17, 15) is 9.59 Å². The minimum atomic E-state index is -0.446. The van der Waals surface area contributed by atoms with Crippen LogP contribution in [0.15, 0.2) is 54.6 Å². The van der Waals surface area contributed by atoms with Gasteiger partial charge in [-0.15, -0.1) is 11.8 Å². The molecule has 2 aromatic rings. The minimum absolute atomic E-state index is 0.00828. The molecule has 0 fully saturated rings. The third-order valence-electron chi connectivity index (χ3n) is 4.60. The number of rotatable bonds is 11. The maximum absolute atomic E-state index is 13.0. The van der Waals surface area contributed by atoms with Crippen molar-refractivity contribution in [3.63, 3.8) is 0 Å². The van der Waals surface area contributed by atoms with Crippen molar-refractivity contribution in [2.24, 2.45) is 0 Å². The van der Waals surface area contributed by atoms with Crippen LogP contribution in [0, 0.1) is 0 Å². The van der Waals surface area contributed by atoms with Gasteiger partial charge in [0.1, 0.15) is 6.04 Å². The van der Waals surface area contributed by atoms with Gasteiger partial charge in [-0.1, -0.05) is 61.0 Å². The van der Waals surface area contributed by atoms with E-state index in [1.807, 2.05) is 68.4 Å². The van der Waals surface area contributed by atoms with Gasteiger partial charge in [-0.25, -0.2) is 0 Å². The zero-order valence-corrected chi connectivity index (χ0v) is 18.6. The number of hydrogen-bond acceptors (Lipinski definition) is 3. The maximum atomic E-state index is 13.0. The van der Waals surface area contributed by atoms with Crippen LogP contribution in [0.25, 0.3) is 0 Å². The highest BCUT2D eigenvalue weighted by Crippen LogP contribution is 2.18. The molecule has 2 aromatic carbocycles. The average molecular weight is 433 g/mol. The number of thioether (sulfide) groups is 1. The Labute approximate surface area is 183 Å². The molecule has 29 heavy (non-hydrogen) atoms. The van der Waals surface area contributed by atoms with E-state index in [0.717, 1.165) is 17.5 Å². The summed E-state index contributed by atoms with van der Waals surface area (Å²) in [5, 5.41) is 3.56. The molecule has 2 amide bonds. The molecule has 0 aliphatic heterocycles. The largest absolute Gasteiger partial charge is 0.355 e. The standard InChI is InChI=1S/C23H29ClN2O2S/c1-3-21(23(28)25-4-2)26(14-13-18-9-6-5-7-10-18)22(27)17-29-16-19-11-8-12-20(24)15-19/h5-12,15,21H,3-4,13-14,16-17H2,1-2H3,(H,25,28)/t21-/m1/s1. The van der Waals surface area contributed by atoms with Gasteiger partial charge in [0.25, 0.3) is 0 Å². The lowest BCUT2D eigenvalue weighted by Crippen LogP contribution is -2.50.